The van der Waals surface area contributed by atoms with Crippen LogP contribution in [0.15, 0.2) is 42.5 Å². The van der Waals surface area contributed by atoms with Crippen LogP contribution >= 0.6 is 0 Å². The third-order valence-electron chi connectivity index (χ3n) is 4.67. The lowest BCUT2D eigenvalue weighted by Gasteiger charge is -2.18. The Morgan fingerprint density at radius 3 is 2.72 bits per heavy atom. The first kappa shape index (κ1) is 16.7. The Morgan fingerprint density at radius 1 is 1.20 bits per heavy atom. The topological polar surface area (TPSA) is 73.2 Å². The van der Waals surface area contributed by atoms with E-state index in [4.69, 9.17) is 0 Å². The molecule has 0 radical (unpaired) electrons. The van der Waals surface area contributed by atoms with Gasteiger partial charge in [-0.25, -0.2) is 0 Å². The molecule has 2 amide bonds. The molecule has 0 aromatic heterocycles. The van der Waals surface area contributed by atoms with Gasteiger partial charge in [0, 0.05) is 18.7 Å². The molecule has 5 heteroatoms. The van der Waals surface area contributed by atoms with Crippen LogP contribution in [0.5, 0.6) is 0 Å². The van der Waals surface area contributed by atoms with Crippen LogP contribution < -0.4 is 10.2 Å². The fraction of sp³-hybridized carbons (Fsp3) is 0.250. The lowest BCUT2D eigenvalue weighted by atomic mass is 10.1. The number of nitrogens with zero attached hydrogens (tertiary/aromatic N) is 2. The SMILES string of the molecule is Cc1cccc(NC(=O)C2CC(=O)N(c3ccccc3C#N)C2)c1C. The van der Waals surface area contributed by atoms with E-state index >= 15 is 0 Å². The number of carbonyl (C=O) groups is 2. The van der Waals surface area contributed by atoms with E-state index < -0.39 is 5.92 Å². The summed E-state index contributed by atoms with van der Waals surface area (Å²) in [4.78, 5) is 26.5. The van der Waals surface area contributed by atoms with E-state index in [-0.39, 0.29) is 24.8 Å². The van der Waals surface area contributed by atoms with Gasteiger partial charge in [0.05, 0.1) is 17.2 Å². The zero-order valence-corrected chi connectivity index (χ0v) is 14.2. The van der Waals surface area contributed by atoms with Gasteiger partial charge in [0.25, 0.3) is 0 Å². The van der Waals surface area contributed by atoms with Gasteiger partial charge < -0.3 is 10.2 Å². The highest BCUT2D eigenvalue weighted by Gasteiger charge is 2.36. The average molecular weight is 333 g/mol. The van der Waals surface area contributed by atoms with Crippen molar-refractivity contribution in [2.45, 2.75) is 20.3 Å². The van der Waals surface area contributed by atoms with Gasteiger partial charge in [-0.3, -0.25) is 9.59 Å². The van der Waals surface area contributed by atoms with Crippen LogP contribution in [0.3, 0.4) is 0 Å². The maximum Gasteiger partial charge on any atom is 0.229 e. The molecule has 0 aliphatic carbocycles. The molecule has 3 rings (SSSR count). The van der Waals surface area contributed by atoms with E-state index in [9.17, 15) is 14.9 Å². The summed E-state index contributed by atoms with van der Waals surface area (Å²) < 4.78 is 0. The number of aryl methyl sites for hydroxylation is 1. The monoisotopic (exact) mass is 333 g/mol. The zero-order chi connectivity index (χ0) is 18.0. The molecular weight excluding hydrogens is 314 g/mol. The first-order chi connectivity index (χ1) is 12.0. The molecular formula is C20H19N3O2. The van der Waals surface area contributed by atoms with E-state index in [1.54, 1.807) is 24.3 Å². The zero-order valence-electron chi connectivity index (χ0n) is 14.2. The molecule has 1 atom stereocenters. The summed E-state index contributed by atoms with van der Waals surface area (Å²) in [5.74, 6) is -0.734. The molecule has 126 valence electrons. The van der Waals surface area contributed by atoms with Crippen molar-refractivity contribution in [2.24, 2.45) is 5.92 Å². The van der Waals surface area contributed by atoms with Crippen LogP contribution in [0.2, 0.25) is 0 Å². The molecule has 1 heterocycles. The number of para-hydroxylation sites is 1. The van der Waals surface area contributed by atoms with Crippen LogP contribution in [0.4, 0.5) is 11.4 Å². The summed E-state index contributed by atoms with van der Waals surface area (Å²) in [5.41, 5.74) is 3.90. The first-order valence-electron chi connectivity index (χ1n) is 8.18. The lowest BCUT2D eigenvalue weighted by molar-refractivity contribution is -0.122. The largest absolute Gasteiger partial charge is 0.326 e. The van der Waals surface area contributed by atoms with E-state index in [2.05, 4.69) is 11.4 Å². The molecule has 1 aliphatic rings. The first-order valence-corrected chi connectivity index (χ1v) is 8.18. The Hall–Kier alpha value is -3.13. The van der Waals surface area contributed by atoms with Crippen molar-refractivity contribution < 1.29 is 9.59 Å². The van der Waals surface area contributed by atoms with E-state index in [1.807, 2.05) is 32.0 Å². The van der Waals surface area contributed by atoms with E-state index in [1.165, 1.54) is 4.90 Å². The van der Waals surface area contributed by atoms with Gasteiger partial charge in [-0.15, -0.1) is 0 Å². The molecule has 1 unspecified atom stereocenters. The highest BCUT2D eigenvalue weighted by Crippen LogP contribution is 2.29. The highest BCUT2D eigenvalue weighted by molar-refractivity contribution is 6.04. The summed E-state index contributed by atoms with van der Waals surface area (Å²) in [6, 6.07) is 14.8. The van der Waals surface area contributed by atoms with Gasteiger partial charge >= 0.3 is 0 Å². The van der Waals surface area contributed by atoms with Crippen LogP contribution in [-0.2, 0) is 9.59 Å². The second-order valence-corrected chi connectivity index (χ2v) is 6.27. The number of hydrogen-bond acceptors (Lipinski definition) is 3. The highest BCUT2D eigenvalue weighted by atomic mass is 16.2. The Labute approximate surface area is 146 Å². The number of nitriles is 1. The summed E-state index contributed by atoms with van der Waals surface area (Å²) >= 11 is 0. The Kier molecular flexibility index (Phi) is 4.53. The van der Waals surface area contributed by atoms with E-state index in [0.29, 0.717) is 11.3 Å². The molecule has 1 aliphatic heterocycles. The molecule has 2 aromatic carbocycles. The van der Waals surface area contributed by atoms with Gasteiger partial charge in [0.2, 0.25) is 11.8 Å². The number of benzene rings is 2. The molecule has 5 nitrogen and oxygen atoms in total. The van der Waals surface area contributed by atoms with Crippen molar-refractivity contribution in [2.75, 3.05) is 16.8 Å². The predicted octanol–water partition coefficient (Wildman–Crippen LogP) is 3.17. The van der Waals surface area contributed by atoms with Gasteiger partial charge in [-0.1, -0.05) is 24.3 Å². The summed E-state index contributed by atoms with van der Waals surface area (Å²) in [7, 11) is 0. The molecule has 25 heavy (non-hydrogen) atoms. The third kappa shape index (κ3) is 3.24. The van der Waals surface area contributed by atoms with Crippen molar-refractivity contribution in [3.05, 3.63) is 59.2 Å². The lowest BCUT2D eigenvalue weighted by Crippen LogP contribution is -2.28. The number of amides is 2. The predicted molar refractivity (Wildman–Crippen MR) is 96.2 cm³/mol. The number of carbonyl (C=O) groups excluding carboxylic acids is 2. The fourth-order valence-electron chi connectivity index (χ4n) is 3.04. The van der Waals surface area contributed by atoms with E-state index in [0.717, 1.165) is 16.8 Å². The number of anilines is 2. The van der Waals surface area contributed by atoms with Gasteiger partial charge in [-0.05, 0) is 43.2 Å². The minimum atomic E-state index is -0.431. The Morgan fingerprint density at radius 2 is 1.96 bits per heavy atom. The Bertz CT molecular complexity index is 883. The smallest absolute Gasteiger partial charge is 0.229 e. The normalized spacial score (nSPS) is 16.6. The van der Waals surface area contributed by atoms with Crippen molar-refractivity contribution in [1.82, 2.24) is 0 Å². The Balaban J connectivity index is 1.77. The van der Waals surface area contributed by atoms with Crippen LogP contribution in [0, 0.1) is 31.1 Å². The van der Waals surface area contributed by atoms with Crippen molar-refractivity contribution in [3.8, 4) is 6.07 Å². The van der Waals surface area contributed by atoms with Crippen LogP contribution in [-0.4, -0.2) is 18.4 Å². The standard InChI is InChI=1S/C20H19N3O2/c1-13-6-5-8-17(14(13)2)22-20(25)16-10-19(24)23(12-16)18-9-4-3-7-15(18)11-21/h3-9,16H,10,12H2,1-2H3,(H,22,25). The fourth-order valence-corrected chi connectivity index (χ4v) is 3.04. The summed E-state index contributed by atoms with van der Waals surface area (Å²) in [5, 5.41) is 12.2. The van der Waals surface area contributed by atoms with Crippen molar-refractivity contribution in [1.29, 1.82) is 5.26 Å². The minimum absolute atomic E-state index is 0.135. The van der Waals surface area contributed by atoms with Crippen LogP contribution in [0.1, 0.15) is 23.1 Å². The quantitative estimate of drug-likeness (QED) is 0.937. The maximum atomic E-state index is 12.6. The molecule has 1 saturated heterocycles. The maximum absolute atomic E-state index is 12.6. The molecule has 1 N–H and O–H groups in total. The van der Waals surface area contributed by atoms with Gasteiger partial charge in [-0.2, -0.15) is 5.26 Å². The molecule has 0 bridgehead atoms. The van der Waals surface area contributed by atoms with Crippen molar-refractivity contribution in [3.63, 3.8) is 0 Å². The van der Waals surface area contributed by atoms with Gasteiger partial charge in [0.1, 0.15) is 6.07 Å². The third-order valence-corrected chi connectivity index (χ3v) is 4.67. The molecule has 2 aromatic rings. The number of nitrogens with one attached hydrogen (secondary N) is 1. The van der Waals surface area contributed by atoms with Crippen molar-refractivity contribution >= 4 is 23.2 Å². The second kappa shape index (κ2) is 6.78. The molecule has 0 spiro atoms. The molecule has 0 saturated carbocycles. The summed E-state index contributed by atoms with van der Waals surface area (Å²) in [6.07, 6.45) is 0.149. The average Bonchev–Trinajstić information content (AvgIpc) is 3.00. The molecule has 1 fully saturated rings. The number of rotatable bonds is 3. The minimum Gasteiger partial charge on any atom is -0.326 e. The number of hydrogen-bond donors (Lipinski definition) is 1. The summed E-state index contributed by atoms with van der Waals surface area (Å²) in [6.45, 7) is 4.24. The van der Waals surface area contributed by atoms with Crippen LogP contribution in [0.25, 0.3) is 0 Å². The second-order valence-electron chi connectivity index (χ2n) is 6.27. The van der Waals surface area contributed by atoms with Gasteiger partial charge in [0.15, 0.2) is 0 Å².